The molecule has 0 unspecified atom stereocenters. The highest BCUT2D eigenvalue weighted by molar-refractivity contribution is 5.78. The van der Waals surface area contributed by atoms with Crippen molar-refractivity contribution in [2.24, 2.45) is 0 Å². The number of amides is 1. The Balaban J connectivity index is 1.59. The van der Waals surface area contributed by atoms with E-state index in [-0.39, 0.29) is 5.91 Å². The number of benzene rings is 1. The van der Waals surface area contributed by atoms with Crippen molar-refractivity contribution in [3.63, 3.8) is 0 Å². The van der Waals surface area contributed by atoms with Crippen LogP contribution in [-0.4, -0.2) is 42.0 Å². The molecule has 0 saturated carbocycles. The lowest BCUT2D eigenvalue weighted by Crippen LogP contribution is -2.36. The average molecular weight is 295 g/mol. The molecule has 0 atom stereocenters. The second-order valence-corrected chi connectivity index (χ2v) is 5.59. The number of nitrogens with zero attached hydrogens (tertiary/aromatic N) is 3. The van der Waals surface area contributed by atoms with E-state index in [9.17, 15) is 4.79 Å². The van der Waals surface area contributed by atoms with E-state index in [2.05, 4.69) is 34.1 Å². The Hall–Kier alpha value is -2.36. The van der Waals surface area contributed by atoms with Gasteiger partial charge in [0.15, 0.2) is 0 Å². The smallest absolute Gasteiger partial charge is 0.227 e. The van der Waals surface area contributed by atoms with Crippen molar-refractivity contribution in [3.05, 3.63) is 60.4 Å². The third-order valence-corrected chi connectivity index (χ3v) is 4.07. The van der Waals surface area contributed by atoms with E-state index in [4.69, 9.17) is 0 Å². The fraction of sp³-hybridized carbons (Fsp3) is 0.333. The second-order valence-electron chi connectivity index (χ2n) is 5.59. The summed E-state index contributed by atoms with van der Waals surface area (Å²) in [6.07, 6.45) is 4.95. The average Bonchev–Trinajstić information content (AvgIpc) is 2.83. The second kappa shape index (κ2) is 7.07. The summed E-state index contributed by atoms with van der Waals surface area (Å²) in [4.78, 5) is 20.8. The summed E-state index contributed by atoms with van der Waals surface area (Å²) >= 11 is 0. The predicted molar refractivity (Wildman–Crippen MR) is 87.8 cm³/mol. The molecule has 1 aliphatic heterocycles. The van der Waals surface area contributed by atoms with Gasteiger partial charge in [0, 0.05) is 44.3 Å². The van der Waals surface area contributed by atoms with Crippen LogP contribution in [0.15, 0.2) is 54.9 Å². The molecule has 0 aliphatic carbocycles. The van der Waals surface area contributed by atoms with Gasteiger partial charge in [-0.3, -0.25) is 9.78 Å². The van der Waals surface area contributed by atoms with Crippen LogP contribution in [0.3, 0.4) is 0 Å². The molecule has 1 fully saturated rings. The Bertz CT molecular complexity index is 600. The minimum Gasteiger partial charge on any atom is -0.370 e. The van der Waals surface area contributed by atoms with Crippen LogP contribution in [0.2, 0.25) is 0 Å². The quantitative estimate of drug-likeness (QED) is 0.872. The summed E-state index contributed by atoms with van der Waals surface area (Å²) in [6, 6.07) is 14.2. The molecule has 0 N–H and O–H groups in total. The van der Waals surface area contributed by atoms with Crippen molar-refractivity contribution in [1.82, 2.24) is 9.88 Å². The number of anilines is 1. The summed E-state index contributed by atoms with van der Waals surface area (Å²) in [5, 5.41) is 0. The molecule has 0 spiro atoms. The van der Waals surface area contributed by atoms with E-state index >= 15 is 0 Å². The largest absolute Gasteiger partial charge is 0.370 e. The summed E-state index contributed by atoms with van der Waals surface area (Å²) < 4.78 is 0. The van der Waals surface area contributed by atoms with Crippen LogP contribution in [0.4, 0.5) is 5.69 Å². The zero-order chi connectivity index (χ0) is 15.2. The topological polar surface area (TPSA) is 36.4 Å². The fourth-order valence-corrected chi connectivity index (χ4v) is 2.85. The first-order valence-electron chi connectivity index (χ1n) is 7.79. The van der Waals surface area contributed by atoms with Crippen LogP contribution in [0.5, 0.6) is 0 Å². The number of para-hydroxylation sites is 1. The van der Waals surface area contributed by atoms with Crippen molar-refractivity contribution in [2.45, 2.75) is 12.8 Å². The number of carbonyl (C=O) groups is 1. The Labute approximate surface area is 131 Å². The molecule has 2 aromatic rings. The molecule has 3 rings (SSSR count). The standard InChI is InChI=1S/C18H21N3O/c22-18(15-16-7-9-19-10-8-16)21-12-4-11-20(13-14-21)17-5-2-1-3-6-17/h1-3,5-10H,4,11-15H2. The van der Waals surface area contributed by atoms with Crippen molar-refractivity contribution in [2.75, 3.05) is 31.1 Å². The van der Waals surface area contributed by atoms with E-state index in [0.29, 0.717) is 6.42 Å². The highest BCUT2D eigenvalue weighted by Gasteiger charge is 2.19. The lowest BCUT2D eigenvalue weighted by Gasteiger charge is -2.23. The first kappa shape index (κ1) is 14.6. The maximum absolute atomic E-state index is 12.5. The monoisotopic (exact) mass is 295 g/mol. The van der Waals surface area contributed by atoms with Crippen molar-refractivity contribution < 1.29 is 4.79 Å². The lowest BCUT2D eigenvalue weighted by atomic mass is 10.2. The van der Waals surface area contributed by atoms with Crippen molar-refractivity contribution in [3.8, 4) is 0 Å². The summed E-state index contributed by atoms with van der Waals surface area (Å²) in [6.45, 7) is 3.53. The molecular formula is C18H21N3O. The van der Waals surface area contributed by atoms with Gasteiger partial charge < -0.3 is 9.80 Å². The number of hydrogen-bond acceptors (Lipinski definition) is 3. The molecular weight excluding hydrogens is 274 g/mol. The van der Waals surface area contributed by atoms with Gasteiger partial charge in [0.05, 0.1) is 6.42 Å². The maximum Gasteiger partial charge on any atom is 0.227 e. The normalized spacial score (nSPS) is 15.5. The summed E-state index contributed by atoms with van der Waals surface area (Å²) in [7, 11) is 0. The van der Waals surface area contributed by atoms with E-state index in [1.165, 1.54) is 5.69 Å². The SMILES string of the molecule is O=C(Cc1ccncc1)N1CCCN(c2ccccc2)CC1. The minimum atomic E-state index is 0.209. The first-order chi connectivity index (χ1) is 10.8. The third kappa shape index (κ3) is 3.64. The third-order valence-electron chi connectivity index (χ3n) is 4.07. The lowest BCUT2D eigenvalue weighted by molar-refractivity contribution is -0.130. The van der Waals surface area contributed by atoms with Gasteiger partial charge >= 0.3 is 0 Å². The van der Waals surface area contributed by atoms with Gasteiger partial charge in [-0.25, -0.2) is 0 Å². The van der Waals surface area contributed by atoms with E-state index < -0.39 is 0 Å². The van der Waals surface area contributed by atoms with E-state index in [1.807, 2.05) is 23.1 Å². The number of carbonyl (C=O) groups excluding carboxylic acids is 1. The highest BCUT2D eigenvalue weighted by Crippen LogP contribution is 2.16. The maximum atomic E-state index is 12.5. The van der Waals surface area contributed by atoms with Crippen LogP contribution < -0.4 is 4.90 Å². The van der Waals surface area contributed by atoms with Crippen LogP contribution >= 0.6 is 0 Å². The van der Waals surface area contributed by atoms with Crippen molar-refractivity contribution in [1.29, 1.82) is 0 Å². The van der Waals surface area contributed by atoms with E-state index in [0.717, 1.165) is 38.2 Å². The molecule has 4 heteroatoms. The first-order valence-corrected chi connectivity index (χ1v) is 7.79. The predicted octanol–water partition coefficient (Wildman–Crippen LogP) is 2.36. The van der Waals surface area contributed by atoms with Crippen LogP contribution in [0, 0.1) is 0 Å². The fourth-order valence-electron chi connectivity index (χ4n) is 2.85. The van der Waals surface area contributed by atoms with Gasteiger partial charge in [-0.05, 0) is 36.2 Å². The van der Waals surface area contributed by atoms with Crippen LogP contribution in [-0.2, 0) is 11.2 Å². The molecule has 114 valence electrons. The number of aromatic nitrogens is 1. The molecule has 2 heterocycles. The van der Waals surface area contributed by atoms with Gasteiger partial charge in [0.1, 0.15) is 0 Å². The summed E-state index contributed by atoms with van der Waals surface area (Å²) in [5.41, 5.74) is 2.27. The molecule has 1 aromatic heterocycles. The molecule has 1 aromatic carbocycles. The Morgan fingerprint density at radius 3 is 2.50 bits per heavy atom. The summed E-state index contributed by atoms with van der Waals surface area (Å²) in [5.74, 6) is 0.209. The van der Waals surface area contributed by atoms with Crippen LogP contribution in [0.25, 0.3) is 0 Å². The van der Waals surface area contributed by atoms with Gasteiger partial charge in [-0.15, -0.1) is 0 Å². The molecule has 1 aliphatic rings. The van der Waals surface area contributed by atoms with Gasteiger partial charge in [-0.1, -0.05) is 18.2 Å². The molecule has 0 radical (unpaired) electrons. The zero-order valence-corrected chi connectivity index (χ0v) is 12.7. The van der Waals surface area contributed by atoms with Gasteiger partial charge in [-0.2, -0.15) is 0 Å². The molecule has 1 saturated heterocycles. The Morgan fingerprint density at radius 2 is 1.73 bits per heavy atom. The van der Waals surface area contributed by atoms with Gasteiger partial charge in [0.25, 0.3) is 0 Å². The number of hydrogen-bond donors (Lipinski definition) is 0. The van der Waals surface area contributed by atoms with Crippen LogP contribution in [0.1, 0.15) is 12.0 Å². The number of rotatable bonds is 3. The van der Waals surface area contributed by atoms with Crippen molar-refractivity contribution >= 4 is 11.6 Å². The zero-order valence-electron chi connectivity index (χ0n) is 12.7. The Kier molecular flexibility index (Phi) is 4.68. The Morgan fingerprint density at radius 1 is 0.955 bits per heavy atom. The number of pyridine rings is 1. The minimum absolute atomic E-state index is 0.209. The molecule has 0 bridgehead atoms. The van der Waals surface area contributed by atoms with E-state index in [1.54, 1.807) is 12.4 Å². The molecule has 4 nitrogen and oxygen atoms in total. The van der Waals surface area contributed by atoms with Gasteiger partial charge in [0.2, 0.25) is 5.91 Å². The highest BCUT2D eigenvalue weighted by atomic mass is 16.2. The molecule has 1 amide bonds. The molecule has 22 heavy (non-hydrogen) atoms.